The zero-order chi connectivity index (χ0) is 12.5. The van der Waals surface area contributed by atoms with Crippen LogP contribution in [0.3, 0.4) is 0 Å². The van der Waals surface area contributed by atoms with Gasteiger partial charge in [-0.1, -0.05) is 0 Å². The Bertz CT molecular complexity index is 307. The summed E-state index contributed by atoms with van der Waals surface area (Å²) in [7, 11) is 0. The predicted octanol–water partition coefficient (Wildman–Crippen LogP) is 0.813. The number of carboxylic acid groups (broad SMARTS) is 1. The lowest BCUT2D eigenvalue weighted by Gasteiger charge is -2.44. The average Bonchev–Trinajstić information content (AvgIpc) is 3.08. The highest BCUT2D eigenvalue weighted by Crippen LogP contribution is 2.31. The Morgan fingerprint density at radius 2 is 1.83 bits per heavy atom. The second-order valence-corrected chi connectivity index (χ2v) is 5.98. The zero-order valence-electron chi connectivity index (χ0n) is 10.8. The first-order valence-corrected chi connectivity index (χ1v) is 7.18. The summed E-state index contributed by atoms with van der Waals surface area (Å²) in [5.74, 6) is 0.938. The van der Waals surface area contributed by atoms with Crippen molar-refractivity contribution in [1.29, 1.82) is 0 Å². The van der Waals surface area contributed by atoms with Gasteiger partial charge in [0.1, 0.15) is 0 Å². The van der Waals surface area contributed by atoms with Gasteiger partial charge in [-0.25, -0.2) is 4.79 Å². The summed E-state index contributed by atoms with van der Waals surface area (Å²) in [6.07, 6.45) is 4.08. The molecule has 0 spiro atoms. The van der Waals surface area contributed by atoms with E-state index in [1.807, 2.05) is 0 Å². The minimum absolute atomic E-state index is 0.211. The van der Waals surface area contributed by atoms with Crippen molar-refractivity contribution in [2.24, 2.45) is 5.92 Å². The molecule has 5 heteroatoms. The number of amides is 1. The van der Waals surface area contributed by atoms with Crippen molar-refractivity contribution in [2.45, 2.75) is 37.8 Å². The van der Waals surface area contributed by atoms with Crippen LogP contribution in [0.2, 0.25) is 0 Å². The molecule has 3 aliphatic rings. The fourth-order valence-corrected chi connectivity index (χ4v) is 3.13. The van der Waals surface area contributed by atoms with Gasteiger partial charge in [0.05, 0.1) is 6.04 Å². The number of carbonyl (C=O) groups is 1. The number of piperidine rings is 1. The molecule has 2 heterocycles. The predicted molar refractivity (Wildman–Crippen MR) is 68.7 cm³/mol. The summed E-state index contributed by atoms with van der Waals surface area (Å²) in [6, 6.07) is 0.451. The molecule has 2 N–H and O–H groups in total. The summed E-state index contributed by atoms with van der Waals surface area (Å²) in [4.78, 5) is 15.6. The highest BCUT2D eigenvalue weighted by molar-refractivity contribution is 5.66. The molecule has 18 heavy (non-hydrogen) atoms. The maximum absolute atomic E-state index is 11.4. The van der Waals surface area contributed by atoms with E-state index in [9.17, 15) is 9.90 Å². The molecule has 0 aromatic heterocycles. The van der Waals surface area contributed by atoms with Gasteiger partial charge in [0.25, 0.3) is 0 Å². The van der Waals surface area contributed by atoms with Gasteiger partial charge in [0.15, 0.2) is 0 Å². The number of hydrogen-bond acceptors (Lipinski definition) is 3. The molecule has 1 saturated carbocycles. The lowest BCUT2D eigenvalue weighted by molar-refractivity contribution is 0.0498. The van der Waals surface area contributed by atoms with E-state index in [1.54, 1.807) is 4.90 Å². The lowest BCUT2D eigenvalue weighted by Crippen LogP contribution is -2.62. The summed E-state index contributed by atoms with van der Waals surface area (Å²) in [5.41, 5.74) is 0. The van der Waals surface area contributed by atoms with Gasteiger partial charge in [-0.2, -0.15) is 0 Å². The van der Waals surface area contributed by atoms with E-state index < -0.39 is 6.09 Å². The molecule has 1 aliphatic carbocycles. The molecule has 102 valence electrons. The third kappa shape index (κ3) is 2.62. The zero-order valence-corrected chi connectivity index (χ0v) is 10.8. The third-order valence-corrected chi connectivity index (χ3v) is 4.54. The van der Waals surface area contributed by atoms with Crippen LogP contribution in [-0.2, 0) is 0 Å². The van der Waals surface area contributed by atoms with Gasteiger partial charge >= 0.3 is 6.09 Å². The van der Waals surface area contributed by atoms with Crippen LogP contribution in [0.4, 0.5) is 4.79 Å². The van der Waals surface area contributed by atoms with E-state index in [1.165, 1.54) is 19.4 Å². The molecule has 0 unspecified atom stereocenters. The van der Waals surface area contributed by atoms with Crippen molar-refractivity contribution in [3.05, 3.63) is 0 Å². The van der Waals surface area contributed by atoms with E-state index >= 15 is 0 Å². The molecule has 3 rings (SSSR count). The number of nitrogens with one attached hydrogen (secondary N) is 1. The Morgan fingerprint density at radius 3 is 2.28 bits per heavy atom. The van der Waals surface area contributed by atoms with E-state index in [2.05, 4.69) is 10.2 Å². The van der Waals surface area contributed by atoms with Crippen LogP contribution < -0.4 is 5.32 Å². The Morgan fingerprint density at radius 1 is 1.17 bits per heavy atom. The molecule has 0 aromatic carbocycles. The standard InChI is InChI=1S/C13H23N3O2/c17-13(18)16(12-7-14-8-12)11-3-5-15(6-4-11)9-10-1-2-10/h10-12,14H,1-9H2,(H,17,18). The fraction of sp³-hybridized carbons (Fsp3) is 0.923. The van der Waals surface area contributed by atoms with Gasteiger partial charge < -0.3 is 15.3 Å². The van der Waals surface area contributed by atoms with E-state index in [0.29, 0.717) is 0 Å². The largest absolute Gasteiger partial charge is 0.465 e. The highest BCUT2D eigenvalue weighted by atomic mass is 16.4. The number of hydrogen-bond donors (Lipinski definition) is 2. The SMILES string of the molecule is O=C(O)N(C1CCN(CC2CC2)CC1)C1CNC1. The molecule has 2 aliphatic heterocycles. The van der Waals surface area contributed by atoms with E-state index in [0.717, 1.165) is 44.9 Å². The second-order valence-electron chi connectivity index (χ2n) is 5.98. The number of likely N-dealkylation sites (tertiary alicyclic amines) is 1. The third-order valence-electron chi connectivity index (χ3n) is 4.54. The molecule has 0 radical (unpaired) electrons. The lowest BCUT2D eigenvalue weighted by atomic mass is 9.99. The Balaban J connectivity index is 1.51. The topological polar surface area (TPSA) is 55.8 Å². The first-order chi connectivity index (χ1) is 8.74. The van der Waals surface area contributed by atoms with Gasteiger partial charge in [-0.15, -0.1) is 0 Å². The summed E-state index contributed by atoms with van der Waals surface area (Å²) in [6.45, 7) is 5.05. The molecule has 0 aromatic rings. The smallest absolute Gasteiger partial charge is 0.407 e. The first kappa shape index (κ1) is 12.2. The van der Waals surface area contributed by atoms with Crippen LogP contribution in [0, 0.1) is 5.92 Å². The molecule has 3 fully saturated rings. The monoisotopic (exact) mass is 253 g/mol. The normalized spacial score (nSPS) is 26.9. The Kier molecular flexibility index (Phi) is 3.43. The van der Waals surface area contributed by atoms with Crippen LogP contribution in [0.1, 0.15) is 25.7 Å². The molecule has 1 amide bonds. The molecule has 5 nitrogen and oxygen atoms in total. The fourth-order valence-electron chi connectivity index (χ4n) is 3.13. The van der Waals surface area contributed by atoms with Crippen molar-refractivity contribution in [2.75, 3.05) is 32.7 Å². The highest BCUT2D eigenvalue weighted by Gasteiger charge is 2.36. The first-order valence-electron chi connectivity index (χ1n) is 7.18. The second kappa shape index (κ2) is 5.05. The van der Waals surface area contributed by atoms with Crippen molar-refractivity contribution in [3.63, 3.8) is 0 Å². The van der Waals surface area contributed by atoms with Crippen molar-refractivity contribution in [3.8, 4) is 0 Å². The quantitative estimate of drug-likeness (QED) is 0.778. The van der Waals surface area contributed by atoms with Crippen molar-refractivity contribution in [1.82, 2.24) is 15.1 Å². The minimum atomic E-state index is -0.734. The minimum Gasteiger partial charge on any atom is -0.465 e. The summed E-state index contributed by atoms with van der Waals surface area (Å²) >= 11 is 0. The van der Waals surface area contributed by atoms with Crippen molar-refractivity contribution < 1.29 is 9.90 Å². The van der Waals surface area contributed by atoms with Gasteiger partial charge in [-0.3, -0.25) is 4.90 Å². The maximum Gasteiger partial charge on any atom is 0.407 e. The van der Waals surface area contributed by atoms with Gasteiger partial charge in [0, 0.05) is 38.8 Å². The van der Waals surface area contributed by atoms with Gasteiger partial charge in [0.2, 0.25) is 0 Å². The van der Waals surface area contributed by atoms with Crippen LogP contribution in [0.5, 0.6) is 0 Å². The molecule has 0 bridgehead atoms. The average molecular weight is 253 g/mol. The summed E-state index contributed by atoms with van der Waals surface area (Å²) < 4.78 is 0. The van der Waals surface area contributed by atoms with Crippen LogP contribution in [0.15, 0.2) is 0 Å². The Labute approximate surface area is 108 Å². The van der Waals surface area contributed by atoms with Crippen LogP contribution in [-0.4, -0.2) is 65.8 Å². The van der Waals surface area contributed by atoms with Crippen LogP contribution in [0.25, 0.3) is 0 Å². The molecular formula is C13H23N3O2. The van der Waals surface area contributed by atoms with Crippen LogP contribution >= 0.6 is 0 Å². The molecule has 2 saturated heterocycles. The van der Waals surface area contributed by atoms with Crippen molar-refractivity contribution >= 4 is 6.09 Å². The number of rotatable bonds is 4. The Hall–Kier alpha value is -0.810. The maximum atomic E-state index is 11.4. The number of nitrogens with zero attached hydrogens (tertiary/aromatic N) is 2. The van der Waals surface area contributed by atoms with E-state index in [-0.39, 0.29) is 12.1 Å². The van der Waals surface area contributed by atoms with Gasteiger partial charge in [-0.05, 0) is 31.6 Å². The molecular weight excluding hydrogens is 230 g/mol. The summed E-state index contributed by atoms with van der Waals surface area (Å²) in [5, 5.41) is 12.5. The molecule has 0 atom stereocenters. The van der Waals surface area contributed by atoms with E-state index in [4.69, 9.17) is 0 Å².